The first-order valence-corrected chi connectivity index (χ1v) is 9.17. The summed E-state index contributed by atoms with van der Waals surface area (Å²) < 4.78 is 0. The highest BCUT2D eigenvalue weighted by molar-refractivity contribution is 5.90. The van der Waals surface area contributed by atoms with Gasteiger partial charge in [-0.3, -0.25) is 9.59 Å². The number of likely N-dealkylation sites (tertiary alicyclic amines) is 2. The number of nitrogens with zero attached hydrogens (tertiary/aromatic N) is 2. The van der Waals surface area contributed by atoms with E-state index >= 15 is 0 Å². The number of carbonyl (C=O) groups is 3. The van der Waals surface area contributed by atoms with Gasteiger partial charge in [0.2, 0.25) is 5.91 Å². The first kappa shape index (κ1) is 18.2. The second kappa shape index (κ2) is 8.21. The van der Waals surface area contributed by atoms with Crippen molar-refractivity contribution in [2.75, 3.05) is 31.5 Å². The fourth-order valence-electron chi connectivity index (χ4n) is 3.72. The normalized spacial score (nSPS) is 23.4. The molecule has 0 spiro atoms. The predicted molar refractivity (Wildman–Crippen MR) is 96.7 cm³/mol. The van der Waals surface area contributed by atoms with Crippen molar-refractivity contribution in [2.24, 2.45) is 11.8 Å². The molecular formula is C19H25N3O4. The maximum atomic E-state index is 12.8. The van der Waals surface area contributed by atoms with Crippen molar-refractivity contribution in [2.45, 2.75) is 25.7 Å². The number of carboxylic acid groups (broad SMARTS) is 1. The lowest BCUT2D eigenvalue weighted by Gasteiger charge is -2.37. The molecule has 7 nitrogen and oxygen atoms in total. The summed E-state index contributed by atoms with van der Waals surface area (Å²) in [5, 5.41) is 12.1. The average Bonchev–Trinajstić information content (AvgIpc) is 2.68. The highest BCUT2D eigenvalue weighted by Gasteiger charge is 2.34. The molecule has 0 saturated carbocycles. The number of anilines is 1. The molecule has 0 aliphatic carbocycles. The lowest BCUT2D eigenvalue weighted by Crippen LogP contribution is -2.50. The maximum Gasteiger partial charge on any atom is 0.321 e. The number of carbonyl (C=O) groups excluding carboxylic acids is 2. The number of carboxylic acids is 1. The van der Waals surface area contributed by atoms with Crippen LogP contribution in [0.2, 0.25) is 0 Å². The van der Waals surface area contributed by atoms with Crippen LogP contribution in [0.5, 0.6) is 0 Å². The van der Waals surface area contributed by atoms with Gasteiger partial charge in [0.05, 0.1) is 11.8 Å². The minimum atomic E-state index is -0.838. The molecule has 140 valence electrons. The van der Waals surface area contributed by atoms with E-state index in [0.29, 0.717) is 32.5 Å². The Morgan fingerprint density at radius 2 is 1.54 bits per heavy atom. The summed E-state index contributed by atoms with van der Waals surface area (Å²) in [6.45, 7) is 1.89. The largest absolute Gasteiger partial charge is 0.481 e. The smallest absolute Gasteiger partial charge is 0.321 e. The van der Waals surface area contributed by atoms with Gasteiger partial charge in [0, 0.05) is 31.9 Å². The molecule has 3 amide bonds. The van der Waals surface area contributed by atoms with Crippen LogP contribution in [-0.4, -0.2) is 59.0 Å². The Morgan fingerprint density at radius 1 is 0.923 bits per heavy atom. The van der Waals surface area contributed by atoms with Crippen LogP contribution < -0.4 is 5.32 Å². The van der Waals surface area contributed by atoms with E-state index in [1.165, 1.54) is 0 Å². The van der Waals surface area contributed by atoms with Gasteiger partial charge in [-0.15, -0.1) is 0 Å². The Balaban J connectivity index is 1.58. The molecule has 2 saturated heterocycles. The number of nitrogens with one attached hydrogen (secondary N) is 1. The Labute approximate surface area is 153 Å². The van der Waals surface area contributed by atoms with Gasteiger partial charge in [-0.1, -0.05) is 18.2 Å². The van der Waals surface area contributed by atoms with Crippen molar-refractivity contribution in [3.63, 3.8) is 0 Å². The second-order valence-corrected chi connectivity index (χ2v) is 7.04. The van der Waals surface area contributed by atoms with Gasteiger partial charge in [0.1, 0.15) is 0 Å². The third kappa shape index (κ3) is 4.33. The topological polar surface area (TPSA) is 90.0 Å². The van der Waals surface area contributed by atoms with E-state index in [2.05, 4.69) is 5.32 Å². The van der Waals surface area contributed by atoms with Crippen molar-refractivity contribution in [3.8, 4) is 0 Å². The number of piperidine rings is 2. The number of hydrogen-bond acceptors (Lipinski definition) is 3. The summed E-state index contributed by atoms with van der Waals surface area (Å²) in [5.41, 5.74) is 0.728. The van der Waals surface area contributed by atoms with Crippen molar-refractivity contribution in [1.29, 1.82) is 0 Å². The zero-order chi connectivity index (χ0) is 18.5. The minimum absolute atomic E-state index is 0.0202. The average molecular weight is 359 g/mol. The number of benzene rings is 1. The minimum Gasteiger partial charge on any atom is -0.481 e. The van der Waals surface area contributed by atoms with Gasteiger partial charge in [0.15, 0.2) is 0 Å². The predicted octanol–water partition coefficient (Wildman–Crippen LogP) is 2.25. The fraction of sp³-hybridized carbons (Fsp3) is 0.526. The molecule has 0 aromatic heterocycles. The molecule has 2 fully saturated rings. The number of aliphatic carboxylic acids is 1. The molecule has 1 aromatic rings. The molecule has 0 radical (unpaired) electrons. The van der Waals surface area contributed by atoms with Crippen LogP contribution in [0.15, 0.2) is 30.3 Å². The van der Waals surface area contributed by atoms with Gasteiger partial charge < -0.3 is 20.2 Å². The molecule has 0 bridgehead atoms. The van der Waals surface area contributed by atoms with Gasteiger partial charge in [-0.05, 0) is 37.8 Å². The van der Waals surface area contributed by atoms with Crippen molar-refractivity contribution < 1.29 is 19.5 Å². The van der Waals surface area contributed by atoms with Crippen molar-refractivity contribution >= 4 is 23.6 Å². The molecule has 3 rings (SSSR count). The number of hydrogen-bond donors (Lipinski definition) is 2. The third-order valence-electron chi connectivity index (χ3n) is 5.17. The van der Waals surface area contributed by atoms with Crippen LogP contribution in [0.1, 0.15) is 25.7 Å². The summed E-state index contributed by atoms with van der Waals surface area (Å²) in [5.74, 6) is -1.59. The van der Waals surface area contributed by atoms with Crippen molar-refractivity contribution in [3.05, 3.63) is 30.3 Å². The lowest BCUT2D eigenvalue weighted by atomic mass is 9.93. The zero-order valence-electron chi connectivity index (χ0n) is 14.8. The van der Waals surface area contributed by atoms with E-state index in [1.807, 2.05) is 30.3 Å². The number of amides is 3. The molecule has 2 atom stereocenters. The van der Waals surface area contributed by atoms with E-state index < -0.39 is 11.9 Å². The standard InChI is InChI=1S/C19H25N3O4/c23-17(21-10-5-7-15(13-21)18(24)25)14-6-4-11-22(12-14)19(26)20-16-8-2-1-3-9-16/h1-3,8-9,14-15H,4-7,10-13H2,(H,20,26)(H,24,25)/t14?,15-/m0/s1. The van der Waals surface area contributed by atoms with E-state index in [0.717, 1.165) is 18.5 Å². The van der Waals surface area contributed by atoms with Gasteiger partial charge in [-0.2, -0.15) is 0 Å². The molecule has 1 unspecified atom stereocenters. The van der Waals surface area contributed by atoms with Crippen LogP contribution in [0.3, 0.4) is 0 Å². The first-order chi connectivity index (χ1) is 12.5. The van der Waals surface area contributed by atoms with Crippen molar-refractivity contribution in [1.82, 2.24) is 9.80 Å². The monoisotopic (exact) mass is 359 g/mol. The SMILES string of the molecule is O=C(O)[C@H]1CCCN(C(=O)C2CCCN(C(=O)Nc3ccccc3)C2)C1. The van der Waals surface area contributed by atoms with Crippen LogP contribution in [0.4, 0.5) is 10.5 Å². The molecule has 2 aliphatic heterocycles. The van der Waals surface area contributed by atoms with E-state index in [1.54, 1.807) is 9.80 Å². The van der Waals surface area contributed by atoms with Crippen LogP contribution in [0.25, 0.3) is 0 Å². The summed E-state index contributed by atoms with van der Waals surface area (Å²) in [6.07, 6.45) is 2.85. The van der Waals surface area contributed by atoms with Gasteiger partial charge in [-0.25, -0.2) is 4.79 Å². The van der Waals surface area contributed by atoms with Gasteiger partial charge >= 0.3 is 12.0 Å². The Hall–Kier alpha value is -2.57. The molecule has 7 heteroatoms. The second-order valence-electron chi connectivity index (χ2n) is 7.04. The highest BCUT2D eigenvalue weighted by Crippen LogP contribution is 2.24. The lowest BCUT2D eigenvalue weighted by molar-refractivity contribution is -0.147. The van der Waals surface area contributed by atoms with E-state index in [4.69, 9.17) is 0 Å². The maximum absolute atomic E-state index is 12.8. The zero-order valence-corrected chi connectivity index (χ0v) is 14.8. The summed E-state index contributed by atoms with van der Waals surface area (Å²) in [7, 11) is 0. The number of rotatable bonds is 3. The molecule has 1 aromatic carbocycles. The molecule has 2 N–H and O–H groups in total. The summed E-state index contributed by atoms with van der Waals surface area (Å²) in [4.78, 5) is 39.9. The quantitative estimate of drug-likeness (QED) is 0.866. The Kier molecular flexibility index (Phi) is 5.75. The van der Waals surface area contributed by atoms with E-state index in [-0.39, 0.29) is 24.4 Å². The Bertz CT molecular complexity index is 664. The third-order valence-corrected chi connectivity index (χ3v) is 5.17. The fourth-order valence-corrected chi connectivity index (χ4v) is 3.72. The molecule has 2 aliphatic rings. The summed E-state index contributed by atoms with van der Waals surface area (Å²) >= 11 is 0. The highest BCUT2D eigenvalue weighted by atomic mass is 16.4. The number of para-hydroxylation sites is 1. The number of urea groups is 1. The molecule has 2 heterocycles. The molecular weight excluding hydrogens is 334 g/mol. The van der Waals surface area contributed by atoms with Gasteiger partial charge in [0.25, 0.3) is 0 Å². The molecule has 26 heavy (non-hydrogen) atoms. The Morgan fingerprint density at radius 3 is 2.23 bits per heavy atom. The van der Waals surface area contributed by atoms with Crippen LogP contribution >= 0.6 is 0 Å². The summed E-state index contributed by atoms with van der Waals surface area (Å²) in [6, 6.07) is 9.04. The van der Waals surface area contributed by atoms with Crippen LogP contribution in [-0.2, 0) is 9.59 Å². The van der Waals surface area contributed by atoms with E-state index in [9.17, 15) is 19.5 Å². The first-order valence-electron chi connectivity index (χ1n) is 9.17. The van der Waals surface area contributed by atoms with Crippen LogP contribution in [0, 0.1) is 11.8 Å².